The summed E-state index contributed by atoms with van der Waals surface area (Å²) in [4.78, 5) is 48.2. The summed E-state index contributed by atoms with van der Waals surface area (Å²) in [5.74, 6) is -0.993. The Morgan fingerprint density at radius 3 is 2.44 bits per heavy atom. The van der Waals surface area contributed by atoms with Crippen LogP contribution >= 0.6 is 34.5 Å². The zero-order valence-corrected chi connectivity index (χ0v) is 25.6. The fraction of sp³-hybridized carbons (Fsp3) is 0.176. The number of hydrogen-bond donors (Lipinski definition) is 0. The molecule has 1 aliphatic heterocycles. The van der Waals surface area contributed by atoms with E-state index < -0.39 is 11.9 Å². The van der Waals surface area contributed by atoms with Crippen LogP contribution in [-0.2, 0) is 27.2 Å². The highest BCUT2D eigenvalue weighted by Crippen LogP contribution is 2.33. The SMILES string of the molecule is Cc1ccc2nc(-c3ccc(N4C(=O)CC(N(CCc5cccc(Cl)c5)C(=O)Cc5ccc(Cl)cc5)C4=O)cc3)sc2c1. The van der Waals surface area contributed by atoms with Crippen molar-refractivity contribution in [2.75, 3.05) is 11.4 Å². The van der Waals surface area contributed by atoms with E-state index in [4.69, 9.17) is 28.2 Å². The van der Waals surface area contributed by atoms with E-state index in [0.29, 0.717) is 22.2 Å². The number of fused-ring (bicyclic) bond motifs is 1. The fourth-order valence-corrected chi connectivity index (χ4v) is 6.72. The number of benzene rings is 4. The summed E-state index contributed by atoms with van der Waals surface area (Å²) in [5.41, 5.74) is 5.19. The third kappa shape index (κ3) is 6.34. The number of anilines is 1. The number of imide groups is 1. The molecule has 1 aromatic heterocycles. The van der Waals surface area contributed by atoms with Gasteiger partial charge in [0.05, 0.1) is 28.7 Å². The van der Waals surface area contributed by atoms with Crippen molar-refractivity contribution < 1.29 is 14.4 Å². The molecule has 43 heavy (non-hydrogen) atoms. The summed E-state index contributed by atoms with van der Waals surface area (Å²) in [7, 11) is 0. The van der Waals surface area contributed by atoms with Gasteiger partial charge in [-0.2, -0.15) is 0 Å². The van der Waals surface area contributed by atoms with Crippen LogP contribution < -0.4 is 4.90 Å². The van der Waals surface area contributed by atoms with Gasteiger partial charge in [-0.1, -0.05) is 53.5 Å². The molecule has 2 heterocycles. The number of thiazole rings is 1. The number of halogens is 2. The fourth-order valence-electron chi connectivity index (χ4n) is 5.31. The van der Waals surface area contributed by atoms with Crippen LogP contribution in [0.4, 0.5) is 5.69 Å². The first-order chi connectivity index (χ1) is 20.7. The first kappa shape index (κ1) is 29.1. The molecule has 1 fully saturated rings. The van der Waals surface area contributed by atoms with Gasteiger partial charge in [0.2, 0.25) is 11.8 Å². The van der Waals surface area contributed by atoms with Crippen molar-refractivity contribution in [2.24, 2.45) is 0 Å². The third-order valence-corrected chi connectivity index (χ3v) is 9.09. The van der Waals surface area contributed by atoms with Crippen LogP contribution in [0.25, 0.3) is 20.8 Å². The first-order valence-corrected chi connectivity index (χ1v) is 15.5. The van der Waals surface area contributed by atoms with Crippen LogP contribution in [0.3, 0.4) is 0 Å². The number of hydrogen-bond acceptors (Lipinski definition) is 5. The third-order valence-electron chi connectivity index (χ3n) is 7.53. The zero-order chi connectivity index (χ0) is 30.1. The Hall–Kier alpha value is -4.04. The summed E-state index contributed by atoms with van der Waals surface area (Å²) in [6.45, 7) is 2.31. The van der Waals surface area contributed by atoms with Crippen LogP contribution in [-0.4, -0.2) is 40.2 Å². The molecule has 0 aliphatic carbocycles. The summed E-state index contributed by atoms with van der Waals surface area (Å²) in [5, 5.41) is 2.04. The van der Waals surface area contributed by atoms with Crippen LogP contribution in [0.15, 0.2) is 91.0 Å². The minimum absolute atomic E-state index is 0.0836. The number of aromatic nitrogens is 1. The van der Waals surface area contributed by atoms with E-state index in [0.717, 1.165) is 31.9 Å². The number of amides is 3. The van der Waals surface area contributed by atoms with Gasteiger partial charge in [0.25, 0.3) is 5.91 Å². The van der Waals surface area contributed by atoms with Crippen LogP contribution in [0.2, 0.25) is 10.0 Å². The maximum Gasteiger partial charge on any atom is 0.257 e. The van der Waals surface area contributed by atoms with E-state index >= 15 is 0 Å². The van der Waals surface area contributed by atoms with E-state index in [1.54, 1.807) is 53.8 Å². The molecule has 6 rings (SSSR count). The summed E-state index contributed by atoms with van der Waals surface area (Å²) < 4.78 is 1.10. The highest BCUT2D eigenvalue weighted by molar-refractivity contribution is 7.21. The van der Waals surface area contributed by atoms with E-state index in [9.17, 15) is 14.4 Å². The number of carbonyl (C=O) groups is 3. The highest BCUT2D eigenvalue weighted by Gasteiger charge is 2.44. The van der Waals surface area contributed by atoms with E-state index in [1.165, 1.54) is 15.4 Å². The van der Waals surface area contributed by atoms with Gasteiger partial charge in [-0.05, 0) is 90.7 Å². The Kier molecular flexibility index (Phi) is 8.30. The van der Waals surface area contributed by atoms with Gasteiger partial charge >= 0.3 is 0 Å². The molecule has 1 unspecified atom stereocenters. The maximum absolute atomic E-state index is 13.8. The molecule has 4 aromatic carbocycles. The molecule has 1 saturated heterocycles. The Balaban J connectivity index is 1.24. The summed E-state index contributed by atoms with van der Waals surface area (Å²) in [6, 6.07) is 26.9. The van der Waals surface area contributed by atoms with Gasteiger partial charge in [0.1, 0.15) is 11.0 Å². The largest absolute Gasteiger partial charge is 0.329 e. The Morgan fingerprint density at radius 2 is 1.70 bits per heavy atom. The van der Waals surface area contributed by atoms with Gasteiger partial charge < -0.3 is 4.90 Å². The second kappa shape index (κ2) is 12.3. The van der Waals surface area contributed by atoms with Crippen molar-refractivity contribution in [2.45, 2.75) is 32.2 Å². The molecule has 5 aromatic rings. The minimum atomic E-state index is -0.904. The van der Waals surface area contributed by atoms with Crippen molar-refractivity contribution in [3.63, 3.8) is 0 Å². The minimum Gasteiger partial charge on any atom is -0.329 e. The molecular weight excluding hydrogens is 601 g/mol. The molecule has 1 aliphatic rings. The smallest absolute Gasteiger partial charge is 0.257 e. The Bertz CT molecular complexity index is 1840. The zero-order valence-electron chi connectivity index (χ0n) is 23.3. The molecule has 216 valence electrons. The van der Waals surface area contributed by atoms with Crippen LogP contribution in [0, 0.1) is 6.92 Å². The number of carbonyl (C=O) groups excluding carboxylic acids is 3. The highest BCUT2D eigenvalue weighted by atomic mass is 35.5. The van der Waals surface area contributed by atoms with Crippen molar-refractivity contribution in [1.82, 2.24) is 9.88 Å². The molecule has 0 saturated carbocycles. The first-order valence-electron chi connectivity index (χ1n) is 13.9. The lowest BCUT2D eigenvalue weighted by molar-refractivity contribution is -0.137. The average molecular weight is 629 g/mol. The second-order valence-corrected chi connectivity index (χ2v) is 12.5. The van der Waals surface area contributed by atoms with Gasteiger partial charge in [-0.3, -0.25) is 14.4 Å². The molecule has 6 nitrogen and oxygen atoms in total. The monoisotopic (exact) mass is 627 g/mol. The second-order valence-electron chi connectivity index (χ2n) is 10.6. The number of rotatable bonds is 8. The lowest BCUT2D eigenvalue weighted by atomic mass is 10.1. The number of aryl methyl sites for hydroxylation is 1. The van der Waals surface area contributed by atoms with E-state index in [1.807, 2.05) is 42.5 Å². The molecule has 9 heteroatoms. The van der Waals surface area contributed by atoms with Gasteiger partial charge in [0.15, 0.2) is 0 Å². The van der Waals surface area contributed by atoms with Crippen molar-refractivity contribution in [3.05, 3.63) is 118 Å². The van der Waals surface area contributed by atoms with Crippen molar-refractivity contribution in [1.29, 1.82) is 0 Å². The van der Waals surface area contributed by atoms with Crippen molar-refractivity contribution in [3.8, 4) is 10.6 Å². The number of nitrogens with zero attached hydrogens (tertiary/aromatic N) is 3. The van der Waals surface area contributed by atoms with E-state index in [2.05, 4.69) is 13.0 Å². The van der Waals surface area contributed by atoms with Crippen LogP contribution in [0.1, 0.15) is 23.1 Å². The average Bonchev–Trinajstić information content (AvgIpc) is 3.54. The maximum atomic E-state index is 13.8. The Morgan fingerprint density at radius 1 is 0.930 bits per heavy atom. The van der Waals surface area contributed by atoms with Crippen LogP contribution in [0.5, 0.6) is 0 Å². The molecule has 3 amide bonds. The molecule has 1 atom stereocenters. The van der Waals surface area contributed by atoms with Gasteiger partial charge in [-0.15, -0.1) is 11.3 Å². The summed E-state index contributed by atoms with van der Waals surface area (Å²) in [6.07, 6.45) is 0.488. The topological polar surface area (TPSA) is 70.6 Å². The Labute approximate surface area is 263 Å². The lowest BCUT2D eigenvalue weighted by Crippen LogP contribution is -2.47. The standard InChI is InChI=1S/C34H27Cl2N3O3S/c1-21-5-14-28-30(17-21)43-33(37-28)24-8-12-27(13-9-24)39-32(41)20-29(34(39)42)38(16-15-22-3-2-4-26(36)18-22)31(40)19-23-6-10-25(35)11-7-23/h2-14,17-18,29H,15-16,19-20H2,1H3. The van der Waals surface area contributed by atoms with Crippen molar-refractivity contribution >= 4 is 68.2 Å². The molecule has 0 spiro atoms. The molecular formula is C34H27Cl2N3O3S. The van der Waals surface area contributed by atoms with Gasteiger partial charge in [-0.25, -0.2) is 9.88 Å². The molecule has 0 N–H and O–H groups in total. The van der Waals surface area contributed by atoms with E-state index in [-0.39, 0.29) is 31.2 Å². The predicted octanol–water partition coefficient (Wildman–Crippen LogP) is 7.52. The predicted molar refractivity (Wildman–Crippen MR) is 173 cm³/mol. The lowest BCUT2D eigenvalue weighted by Gasteiger charge is -2.28. The quantitative estimate of drug-likeness (QED) is 0.167. The molecule has 0 radical (unpaired) electrons. The summed E-state index contributed by atoms with van der Waals surface area (Å²) >= 11 is 13.8. The normalized spacial score (nSPS) is 15.0. The molecule has 0 bridgehead atoms. The van der Waals surface area contributed by atoms with Gasteiger partial charge in [0, 0.05) is 22.2 Å².